The molecule has 8 heteroatoms. The molecule has 0 aliphatic carbocycles. The third-order valence-electron chi connectivity index (χ3n) is 7.32. The van der Waals surface area contributed by atoms with Crippen molar-refractivity contribution >= 4 is 39.0 Å². The van der Waals surface area contributed by atoms with Gasteiger partial charge in [0.1, 0.15) is 22.7 Å². The van der Waals surface area contributed by atoms with Gasteiger partial charge < -0.3 is 19.4 Å². The van der Waals surface area contributed by atoms with Crippen LogP contribution in [0, 0.1) is 6.92 Å². The van der Waals surface area contributed by atoms with Gasteiger partial charge >= 0.3 is 0 Å². The van der Waals surface area contributed by atoms with Crippen LogP contribution in [0.15, 0.2) is 54.9 Å². The largest absolute Gasteiger partial charge is 0.495 e. The zero-order valence-electron chi connectivity index (χ0n) is 20.6. The van der Waals surface area contributed by atoms with E-state index in [4.69, 9.17) is 4.74 Å². The Hall–Kier alpha value is -3.65. The van der Waals surface area contributed by atoms with Crippen LogP contribution in [0.2, 0.25) is 0 Å². The van der Waals surface area contributed by atoms with E-state index in [-0.39, 0.29) is 5.91 Å². The van der Waals surface area contributed by atoms with Gasteiger partial charge in [0, 0.05) is 39.3 Å². The Morgan fingerprint density at radius 3 is 2.47 bits per heavy atom. The number of aromatic nitrogens is 2. The maximum atomic E-state index is 13.6. The predicted octanol–water partition coefficient (Wildman–Crippen LogP) is 4.53. The second kappa shape index (κ2) is 9.43. The molecule has 2 aliphatic heterocycles. The second-order valence-electron chi connectivity index (χ2n) is 9.32. The molecule has 0 atom stereocenters. The zero-order chi connectivity index (χ0) is 24.6. The van der Waals surface area contributed by atoms with Gasteiger partial charge in [0.05, 0.1) is 23.1 Å². The van der Waals surface area contributed by atoms with E-state index in [0.717, 1.165) is 70.5 Å². The van der Waals surface area contributed by atoms with Crippen molar-refractivity contribution in [3.05, 3.63) is 76.4 Å². The number of hydrogen-bond donors (Lipinski definition) is 0. The highest BCUT2D eigenvalue weighted by atomic mass is 32.1. The number of fused-ring (bicyclic) bond motifs is 2. The number of nitrogens with zero attached hydrogens (tertiary/aromatic N) is 5. The van der Waals surface area contributed by atoms with Gasteiger partial charge in [0.25, 0.3) is 5.91 Å². The molecule has 0 saturated carbocycles. The number of hydrogen-bond acceptors (Lipinski definition) is 7. The summed E-state index contributed by atoms with van der Waals surface area (Å²) in [6.45, 7) is 6.67. The smallest absolute Gasteiger partial charge is 0.264 e. The number of aryl methyl sites for hydroxylation is 1. The van der Waals surface area contributed by atoms with Crippen LogP contribution in [-0.2, 0) is 13.0 Å². The molecule has 1 saturated heterocycles. The summed E-state index contributed by atoms with van der Waals surface area (Å²) in [4.78, 5) is 31.1. The lowest BCUT2D eigenvalue weighted by Crippen LogP contribution is -2.48. The number of carbonyl (C=O) groups excluding carboxylic acids is 1. The van der Waals surface area contributed by atoms with Crippen molar-refractivity contribution in [1.29, 1.82) is 0 Å². The van der Waals surface area contributed by atoms with Crippen molar-refractivity contribution in [2.45, 2.75) is 19.9 Å². The van der Waals surface area contributed by atoms with Crippen molar-refractivity contribution in [1.82, 2.24) is 14.9 Å². The third kappa shape index (κ3) is 3.95. The van der Waals surface area contributed by atoms with E-state index in [1.54, 1.807) is 13.4 Å². The van der Waals surface area contributed by atoms with Crippen molar-refractivity contribution in [3.8, 4) is 5.75 Å². The fourth-order valence-corrected chi connectivity index (χ4v) is 6.47. The molecule has 0 spiro atoms. The first kappa shape index (κ1) is 22.8. The third-order valence-corrected chi connectivity index (χ3v) is 8.51. The van der Waals surface area contributed by atoms with E-state index < -0.39 is 0 Å². The molecule has 7 nitrogen and oxygen atoms in total. The highest BCUT2D eigenvalue weighted by molar-refractivity contribution is 7.20. The zero-order valence-corrected chi connectivity index (χ0v) is 21.4. The Morgan fingerprint density at radius 1 is 0.917 bits per heavy atom. The molecular formula is C28H29N5O2S. The number of para-hydroxylation sites is 2. The van der Waals surface area contributed by atoms with Gasteiger partial charge in [-0.3, -0.25) is 4.79 Å². The number of anilines is 2. The Labute approximate surface area is 214 Å². The second-order valence-corrected chi connectivity index (χ2v) is 10.3. The Balaban J connectivity index is 1.24. The molecule has 4 heterocycles. The van der Waals surface area contributed by atoms with Crippen LogP contribution in [0.5, 0.6) is 5.75 Å². The van der Waals surface area contributed by atoms with E-state index in [1.165, 1.54) is 22.5 Å². The summed E-state index contributed by atoms with van der Waals surface area (Å²) < 4.78 is 5.53. The van der Waals surface area contributed by atoms with Gasteiger partial charge in [-0.15, -0.1) is 11.3 Å². The quantitative estimate of drug-likeness (QED) is 0.411. The van der Waals surface area contributed by atoms with E-state index in [2.05, 4.69) is 50.1 Å². The van der Waals surface area contributed by atoms with Crippen molar-refractivity contribution < 1.29 is 9.53 Å². The molecule has 0 N–H and O–H groups in total. The minimum atomic E-state index is 0.0881. The first-order chi connectivity index (χ1) is 17.6. The average molecular weight is 500 g/mol. The van der Waals surface area contributed by atoms with Crippen molar-refractivity contribution in [2.24, 2.45) is 0 Å². The van der Waals surface area contributed by atoms with Crippen molar-refractivity contribution in [3.63, 3.8) is 0 Å². The summed E-state index contributed by atoms with van der Waals surface area (Å²) >= 11 is 1.49. The van der Waals surface area contributed by atoms with Crippen LogP contribution in [0.4, 0.5) is 11.5 Å². The number of ether oxygens (including phenoxy) is 1. The van der Waals surface area contributed by atoms with Crippen molar-refractivity contribution in [2.75, 3.05) is 49.6 Å². The number of thiophene rings is 1. The summed E-state index contributed by atoms with van der Waals surface area (Å²) in [5.41, 5.74) is 4.81. The molecular weight excluding hydrogens is 470 g/mol. The van der Waals surface area contributed by atoms with Gasteiger partial charge in [-0.2, -0.15) is 0 Å². The fourth-order valence-electron chi connectivity index (χ4n) is 5.36. The highest BCUT2D eigenvalue weighted by Crippen LogP contribution is 2.37. The van der Waals surface area contributed by atoms with Gasteiger partial charge in [0.15, 0.2) is 0 Å². The Bertz CT molecular complexity index is 1430. The number of rotatable bonds is 4. The lowest BCUT2D eigenvalue weighted by molar-refractivity contribution is 0.0751. The summed E-state index contributed by atoms with van der Waals surface area (Å²) in [7, 11) is 1.70. The van der Waals surface area contributed by atoms with Crippen LogP contribution in [0.25, 0.3) is 10.2 Å². The van der Waals surface area contributed by atoms with Gasteiger partial charge in [-0.25, -0.2) is 9.97 Å². The molecule has 0 radical (unpaired) electrons. The summed E-state index contributed by atoms with van der Waals surface area (Å²) in [6, 6.07) is 16.7. The SMILES string of the molecule is COc1ccccc1N1CCN(C(=O)c2sc3ncnc(N4CCc5ccccc5C4)c3c2C)CC1. The summed E-state index contributed by atoms with van der Waals surface area (Å²) in [5.74, 6) is 1.89. The minimum Gasteiger partial charge on any atom is -0.495 e. The normalized spacial score (nSPS) is 15.8. The maximum absolute atomic E-state index is 13.6. The molecule has 184 valence electrons. The first-order valence-corrected chi connectivity index (χ1v) is 13.2. The topological polar surface area (TPSA) is 61.8 Å². The lowest BCUT2D eigenvalue weighted by Gasteiger charge is -2.36. The maximum Gasteiger partial charge on any atom is 0.264 e. The molecule has 2 aromatic heterocycles. The highest BCUT2D eigenvalue weighted by Gasteiger charge is 2.29. The van der Waals surface area contributed by atoms with Gasteiger partial charge in [-0.05, 0) is 42.2 Å². The molecule has 36 heavy (non-hydrogen) atoms. The molecule has 0 unspecified atom stereocenters. The number of benzene rings is 2. The average Bonchev–Trinajstić information content (AvgIpc) is 3.29. The number of methoxy groups -OCH3 is 1. The number of piperazine rings is 1. The molecule has 4 aromatic rings. The van der Waals surface area contributed by atoms with Gasteiger partial charge in [-0.1, -0.05) is 36.4 Å². The predicted molar refractivity (Wildman–Crippen MR) is 144 cm³/mol. The van der Waals surface area contributed by atoms with E-state index in [1.807, 2.05) is 30.0 Å². The minimum absolute atomic E-state index is 0.0881. The van der Waals surface area contributed by atoms with E-state index in [9.17, 15) is 4.79 Å². The summed E-state index contributed by atoms with van der Waals surface area (Å²) in [5, 5.41) is 1.01. The van der Waals surface area contributed by atoms with Crippen LogP contribution in [0.1, 0.15) is 26.4 Å². The van der Waals surface area contributed by atoms with Crippen LogP contribution < -0.4 is 14.5 Å². The molecule has 0 bridgehead atoms. The Kier molecular flexibility index (Phi) is 5.97. The fraction of sp³-hybridized carbons (Fsp3) is 0.321. The lowest BCUT2D eigenvalue weighted by atomic mass is 9.99. The number of amides is 1. The van der Waals surface area contributed by atoms with Gasteiger partial charge in [0.2, 0.25) is 0 Å². The molecule has 1 amide bonds. The van der Waals surface area contributed by atoms with E-state index >= 15 is 0 Å². The first-order valence-electron chi connectivity index (χ1n) is 12.4. The summed E-state index contributed by atoms with van der Waals surface area (Å²) in [6.07, 6.45) is 2.63. The molecule has 6 rings (SSSR count). The number of carbonyl (C=O) groups is 1. The Morgan fingerprint density at radius 2 is 1.67 bits per heavy atom. The van der Waals surface area contributed by atoms with Crippen LogP contribution >= 0.6 is 11.3 Å². The molecule has 2 aromatic carbocycles. The van der Waals surface area contributed by atoms with Crippen LogP contribution in [0.3, 0.4) is 0 Å². The molecule has 1 fully saturated rings. The standard InChI is InChI=1S/C28H29N5O2S/c1-19-24-26(33-12-11-20-7-3-4-8-21(20)17-33)29-18-30-27(24)36-25(19)28(34)32-15-13-31(14-16-32)22-9-5-6-10-23(22)35-2/h3-10,18H,11-17H2,1-2H3. The van der Waals surface area contributed by atoms with E-state index in [0.29, 0.717) is 13.1 Å². The molecule has 2 aliphatic rings. The monoisotopic (exact) mass is 499 g/mol. The van der Waals surface area contributed by atoms with Crippen LogP contribution in [-0.4, -0.2) is 60.6 Å².